The van der Waals surface area contributed by atoms with Crippen molar-refractivity contribution in [1.82, 2.24) is 51.3 Å². The molecule has 3 aliphatic heterocycles. The van der Waals surface area contributed by atoms with Crippen LogP contribution in [0, 0.1) is 5.82 Å². The highest BCUT2D eigenvalue weighted by Crippen LogP contribution is 2.39. The van der Waals surface area contributed by atoms with E-state index in [-0.39, 0.29) is 80.4 Å². The number of aromatic nitrogens is 2. The molecule has 5 heterocycles. The van der Waals surface area contributed by atoms with Crippen LogP contribution in [-0.2, 0) is 77.1 Å². The molecule has 0 aliphatic carbocycles. The predicted molar refractivity (Wildman–Crippen MR) is 291 cm³/mol. The predicted octanol–water partition coefficient (Wildman–Crippen LogP) is -0.671. The summed E-state index contributed by atoms with van der Waals surface area (Å²) in [5, 5.41) is 44.9. The van der Waals surface area contributed by atoms with Gasteiger partial charge in [0.25, 0.3) is 17.4 Å². The van der Waals surface area contributed by atoms with Gasteiger partial charge in [0.05, 0.1) is 41.7 Å². The standard InChI is InChI=1S/C54H69FN10O16S/c1-28(49(74)57-27-80-26-43(69)56-22-34-32-20-41(82-5)37(55)21-39(32)62-47-35(34)23-65-40(47)19-33-36(53(65)78)25-81-54(79)48(33)73)58-50(75)29(2)59-51(76)30(3)60-52(77)38(13-14-44(70)63(4)17-10-8-11-31(67)24-66)61-42(68)12-7-6-9-18-64-45(71)15-16-46(64)72/h15-16,19-21,28-31,38,48,66-67,73H,6-14,17-18,22-27H2,1-5H3,(H,56,69)(H,57,74)(H,58,75)(H,59,76)(H,60,77)(H,61,68)/t28-,29-,30-,31-,38-,48-/m0/s1. The van der Waals surface area contributed by atoms with E-state index in [1.54, 1.807) is 19.4 Å². The maximum absolute atomic E-state index is 15.1. The fourth-order valence-corrected chi connectivity index (χ4v) is 9.73. The second kappa shape index (κ2) is 29.4. The number of unbranched alkanes of at least 4 members (excludes halogenated alkanes) is 3. The molecule has 28 heteroatoms. The van der Waals surface area contributed by atoms with Gasteiger partial charge < -0.3 is 66.2 Å². The number of esters is 1. The van der Waals surface area contributed by atoms with Crippen LogP contribution in [0.25, 0.3) is 22.3 Å². The van der Waals surface area contributed by atoms with Crippen molar-refractivity contribution in [2.75, 3.05) is 46.3 Å². The van der Waals surface area contributed by atoms with Crippen LogP contribution in [0.5, 0.6) is 0 Å². The number of halogens is 1. The zero-order valence-electron chi connectivity index (χ0n) is 46.1. The van der Waals surface area contributed by atoms with Crippen molar-refractivity contribution >= 4 is 81.8 Å². The van der Waals surface area contributed by atoms with Crippen LogP contribution < -0.4 is 37.5 Å². The lowest BCUT2D eigenvalue weighted by Crippen LogP contribution is -2.56. The number of rotatable bonds is 30. The number of imide groups is 1. The summed E-state index contributed by atoms with van der Waals surface area (Å²) in [6.45, 7) is 2.73. The normalized spacial score (nSPS) is 16.0. The molecular weight excluding hydrogens is 1100 g/mol. The molecule has 444 valence electrons. The molecule has 9 N–H and O–H groups in total. The molecule has 6 rings (SSSR count). The molecule has 0 unspecified atom stereocenters. The van der Waals surface area contributed by atoms with Gasteiger partial charge >= 0.3 is 5.97 Å². The second-order valence-electron chi connectivity index (χ2n) is 20.1. The summed E-state index contributed by atoms with van der Waals surface area (Å²) in [7, 11) is 1.57. The Labute approximate surface area is 474 Å². The first-order valence-corrected chi connectivity index (χ1v) is 28.0. The first-order chi connectivity index (χ1) is 39.0. The van der Waals surface area contributed by atoms with Crippen molar-refractivity contribution in [3.05, 3.63) is 68.8 Å². The SMILES string of the molecule is CSc1cc2c(CNC(=O)COCNC(=O)[C@H](C)NC(=O)[C@H](C)NC(=O)[C@H](C)NC(=O)[C@H](CCC(=O)N(C)CCCC[C@H](O)CO)NC(=O)CCCCCN3C(=O)C=CC3=O)c3c(nc2cc1F)-c1cc2c(c(=O)n1C3)COC(=O)[C@H]2O. The van der Waals surface area contributed by atoms with E-state index in [9.17, 15) is 63.0 Å². The molecule has 1 aromatic carbocycles. The Kier molecular flexibility index (Phi) is 22.7. The number of nitrogens with one attached hydrogen (secondary N) is 6. The van der Waals surface area contributed by atoms with Crippen LogP contribution >= 0.6 is 11.8 Å². The third-order valence-corrected chi connectivity index (χ3v) is 14.8. The largest absolute Gasteiger partial charge is 0.458 e. The Morgan fingerprint density at radius 2 is 1.50 bits per heavy atom. The van der Waals surface area contributed by atoms with Gasteiger partial charge in [0.1, 0.15) is 49.9 Å². The summed E-state index contributed by atoms with van der Waals surface area (Å²) in [4.78, 5) is 149. The molecule has 2 aromatic heterocycles. The van der Waals surface area contributed by atoms with Gasteiger partial charge in [-0.05, 0) is 83.2 Å². The molecule has 82 heavy (non-hydrogen) atoms. The number of fused-ring (bicyclic) bond motifs is 5. The van der Waals surface area contributed by atoms with Gasteiger partial charge in [-0.25, -0.2) is 14.2 Å². The molecule has 0 radical (unpaired) electrons. The Hall–Kier alpha value is -7.66. The Bertz CT molecular complexity index is 3050. The maximum Gasteiger partial charge on any atom is 0.340 e. The molecule has 6 atom stereocenters. The number of aliphatic hydroxyl groups is 3. The van der Waals surface area contributed by atoms with Crippen molar-refractivity contribution in [2.24, 2.45) is 0 Å². The van der Waals surface area contributed by atoms with Crippen LogP contribution in [0.3, 0.4) is 0 Å². The van der Waals surface area contributed by atoms with Gasteiger partial charge in [-0.15, -0.1) is 11.8 Å². The van der Waals surface area contributed by atoms with E-state index in [4.69, 9.17) is 14.6 Å². The van der Waals surface area contributed by atoms with Gasteiger partial charge in [0.15, 0.2) is 6.10 Å². The molecule has 9 amide bonds. The number of hydrogen-bond donors (Lipinski definition) is 9. The van der Waals surface area contributed by atoms with Crippen LogP contribution in [0.1, 0.15) is 107 Å². The summed E-state index contributed by atoms with van der Waals surface area (Å²) in [6.07, 6.45) is 3.88. The molecular formula is C54H69FN10O16S. The highest BCUT2D eigenvalue weighted by molar-refractivity contribution is 7.98. The highest BCUT2D eigenvalue weighted by atomic mass is 32.2. The number of aliphatic hydroxyl groups excluding tert-OH is 3. The van der Waals surface area contributed by atoms with E-state index in [0.717, 1.165) is 16.7 Å². The van der Waals surface area contributed by atoms with E-state index >= 15 is 4.39 Å². The summed E-state index contributed by atoms with van der Waals surface area (Å²) in [5.74, 6) is -6.84. The topological polar surface area (TPSA) is 363 Å². The van der Waals surface area contributed by atoms with Crippen molar-refractivity contribution in [1.29, 1.82) is 0 Å². The Balaban J connectivity index is 0.956. The van der Waals surface area contributed by atoms with Gasteiger partial charge in [-0.3, -0.25) is 52.8 Å². The van der Waals surface area contributed by atoms with Gasteiger partial charge in [-0.1, -0.05) is 6.42 Å². The monoisotopic (exact) mass is 1160 g/mol. The lowest BCUT2D eigenvalue weighted by molar-refractivity contribution is -0.157. The number of carbonyl (C=O) groups is 10. The molecule has 0 bridgehead atoms. The smallest absolute Gasteiger partial charge is 0.340 e. The minimum atomic E-state index is -1.69. The number of cyclic esters (lactones) is 1. The van der Waals surface area contributed by atoms with Crippen molar-refractivity contribution in [3.63, 3.8) is 0 Å². The Morgan fingerprint density at radius 3 is 2.17 bits per heavy atom. The minimum Gasteiger partial charge on any atom is -0.458 e. The minimum absolute atomic E-state index is 0.0117. The van der Waals surface area contributed by atoms with E-state index in [1.165, 1.54) is 54.5 Å². The zero-order valence-corrected chi connectivity index (χ0v) is 46.9. The number of thioether (sulfide) groups is 1. The van der Waals surface area contributed by atoms with Gasteiger partial charge in [-0.2, -0.15) is 0 Å². The molecule has 3 aromatic rings. The molecule has 0 fully saturated rings. The lowest BCUT2D eigenvalue weighted by atomic mass is 9.98. The molecule has 0 saturated heterocycles. The molecule has 26 nitrogen and oxygen atoms in total. The third-order valence-electron chi connectivity index (χ3n) is 14.1. The number of ether oxygens (including phenoxy) is 2. The molecule has 3 aliphatic rings. The summed E-state index contributed by atoms with van der Waals surface area (Å²) in [5.41, 5.74) is 1.55. The number of carbonyl (C=O) groups excluding carboxylic acids is 10. The van der Waals surface area contributed by atoms with E-state index < -0.39 is 114 Å². The van der Waals surface area contributed by atoms with Crippen LogP contribution in [0.4, 0.5) is 4.39 Å². The van der Waals surface area contributed by atoms with Crippen LogP contribution in [0.2, 0.25) is 0 Å². The van der Waals surface area contributed by atoms with Gasteiger partial charge in [0, 0.05) is 79.2 Å². The van der Waals surface area contributed by atoms with E-state index in [2.05, 4.69) is 36.9 Å². The average Bonchev–Trinajstić information content (AvgIpc) is 4.18. The average molecular weight is 1170 g/mol. The number of benzene rings is 1. The first kappa shape index (κ1) is 63.5. The number of nitrogens with zero attached hydrogens (tertiary/aromatic N) is 4. The van der Waals surface area contributed by atoms with Crippen molar-refractivity contribution < 1.29 is 77.1 Å². The second-order valence-corrected chi connectivity index (χ2v) is 20.9. The fourth-order valence-electron chi connectivity index (χ4n) is 9.24. The lowest BCUT2D eigenvalue weighted by Gasteiger charge is -2.24. The molecule has 0 saturated carbocycles. The first-order valence-electron chi connectivity index (χ1n) is 26.7. The summed E-state index contributed by atoms with van der Waals surface area (Å²) in [6, 6.07) is -0.595. The molecule has 0 spiro atoms. The van der Waals surface area contributed by atoms with Gasteiger partial charge in [0.2, 0.25) is 41.4 Å². The third kappa shape index (κ3) is 16.3. The fraction of sp³-hybridized carbons (Fsp3) is 0.519. The quantitative estimate of drug-likeness (QED) is 0.0103. The maximum atomic E-state index is 15.1. The van der Waals surface area contributed by atoms with Crippen molar-refractivity contribution in [2.45, 2.75) is 140 Å². The number of amides is 9. The highest BCUT2D eigenvalue weighted by Gasteiger charge is 2.36. The summed E-state index contributed by atoms with van der Waals surface area (Å²) < 4.78 is 26.9. The van der Waals surface area contributed by atoms with E-state index in [1.807, 2.05) is 0 Å². The Morgan fingerprint density at radius 1 is 0.829 bits per heavy atom. The van der Waals surface area contributed by atoms with E-state index in [0.29, 0.717) is 72.2 Å². The summed E-state index contributed by atoms with van der Waals surface area (Å²) >= 11 is 1.16. The number of pyridine rings is 2. The zero-order chi connectivity index (χ0) is 59.9. The number of hydrogen-bond acceptors (Lipinski definition) is 18. The van der Waals surface area contributed by atoms with Crippen LogP contribution in [0.15, 0.2) is 40.0 Å². The van der Waals surface area contributed by atoms with Crippen molar-refractivity contribution in [3.8, 4) is 11.4 Å². The van der Waals surface area contributed by atoms with Crippen LogP contribution in [-0.4, -0.2) is 170 Å².